The van der Waals surface area contributed by atoms with Crippen LogP contribution in [-0.4, -0.2) is 37.5 Å². The van der Waals surface area contributed by atoms with Crippen molar-refractivity contribution in [3.05, 3.63) is 0 Å². The van der Waals surface area contributed by atoms with Crippen LogP contribution in [0.3, 0.4) is 0 Å². The zero-order valence-corrected chi connectivity index (χ0v) is 13.6. The van der Waals surface area contributed by atoms with E-state index in [9.17, 15) is 9.59 Å². The number of rotatable bonds is 6. The predicted octanol–water partition coefficient (Wildman–Crippen LogP) is 1.22. The molecule has 5 nitrogen and oxygen atoms in total. The second-order valence-corrected chi connectivity index (χ2v) is 6.21. The highest BCUT2D eigenvalue weighted by Crippen LogP contribution is 2.12. The Bertz CT molecular complexity index is 310. The molecule has 6 heteroatoms. The maximum absolute atomic E-state index is 11.6. The summed E-state index contributed by atoms with van der Waals surface area (Å²) in [6, 6.07) is 0.435. The quantitative estimate of drug-likeness (QED) is 0.646. The summed E-state index contributed by atoms with van der Waals surface area (Å²) in [6.07, 6.45) is 3.49. The lowest BCUT2D eigenvalue weighted by atomic mass is 9.96. The summed E-state index contributed by atoms with van der Waals surface area (Å²) in [5.74, 6) is 0.0989. The third-order valence-electron chi connectivity index (χ3n) is 3.26. The first-order valence-electron chi connectivity index (χ1n) is 7.18. The number of carbonyl (C=O) groups is 2. The minimum atomic E-state index is -0.365. The van der Waals surface area contributed by atoms with Gasteiger partial charge < -0.3 is 16.0 Å². The molecular weight excluding hydrogens is 278 g/mol. The van der Waals surface area contributed by atoms with Crippen LogP contribution in [-0.2, 0) is 9.59 Å². The van der Waals surface area contributed by atoms with Gasteiger partial charge in [-0.2, -0.15) is 0 Å². The number of amides is 2. The molecule has 2 amide bonds. The Kier molecular flexibility index (Phi) is 8.81. The van der Waals surface area contributed by atoms with E-state index in [1.807, 2.05) is 20.8 Å². The van der Waals surface area contributed by atoms with Crippen molar-refractivity contribution in [3.8, 4) is 0 Å². The Hall–Kier alpha value is -0.810. The Balaban J connectivity index is 0.00000361. The van der Waals surface area contributed by atoms with Gasteiger partial charge in [0.05, 0.1) is 0 Å². The summed E-state index contributed by atoms with van der Waals surface area (Å²) < 4.78 is 0. The van der Waals surface area contributed by atoms with Gasteiger partial charge in [-0.05, 0) is 25.8 Å². The molecule has 1 aliphatic rings. The van der Waals surface area contributed by atoms with Gasteiger partial charge in [0.25, 0.3) is 0 Å². The first kappa shape index (κ1) is 19.2. The fourth-order valence-corrected chi connectivity index (χ4v) is 1.97. The van der Waals surface area contributed by atoms with Gasteiger partial charge in [0.1, 0.15) is 0 Å². The highest BCUT2D eigenvalue weighted by Gasteiger charge is 2.20. The Labute approximate surface area is 128 Å². The molecule has 0 radical (unpaired) electrons. The zero-order chi connectivity index (χ0) is 14.3. The number of halogens is 1. The summed E-state index contributed by atoms with van der Waals surface area (Å²) in [4.78, 5) is 23.2. The van der Waals surface area contributed by atoms with Gasteiger partial charge in [-0.15, -0.1) is 12.4 Å². The van der Waals surface area contributed by atoms with Crippen LogP contribution in [0.15, 0.2) is 0 Å². The molecule has 1 heterocycles. The van der Waals surface area contributed by atoms with E-state index >= 15 is 0 Å². The largest absolute Gasteiger partial charge is 0.356 e. The lowest BCUT2D eigenvalue weighted by molar-refractivity contribution is -0.128. The molecule has 0 saturated carbocycles. The normalized spacial score (nSPS) is 18.2. The molecule has 1 aliphatic heterocycles. The highest BCUT2D eigenvalue weighted by atomic mass is 35.5. The molecule has 0 aromatic heterocycles. The molecule has 118 valence electrons. The highest BCUT2D eigenvalue weighted by molar-refractivity contribution is 5.85. The molecule has 1 rings (SSSR count). The van der Waals surface area contributed by atoms with Crippen molar-refractivity contribution in [2.45, 2.75) is 52.5 Å². The van der Waals surface area contributed by atoms with Crippen LogP contribution < -0.4 is 16.0 Å². The monoisotopic (exact) mass is 305 g/mol. The van der Waals surface area contributed by atoms with Gasteiger partial charge in [0.15, 0.2) is 0 Å². The van der Waals surface area contributed by atoms with Gasteiger partial charge in [0.2, 0.25) is 11.8 Å². The van der Waals surface area contributed by atoms with E-state index in [4.69, 9.17) is 0 Å². The molecule has 0 aromatic rings. The minimum absolute atomic E-state index is 0. The van der Waals surface area contributed by atoms with Crippen LogP contribution in [0, 0.1) is 5.41 Å². The summed E-state index contributed by atoms with van der Waals surface area (Å²) in [6.45, 7) is 7.97. The van der Waals surface area contributed by atoms with Crippen molar-refractivity contribution in [3.63, 3.8) is 0 Å². The van der Waals surface area contributed by atoms with Crippen LogP contribution in [0.1, 0.15) is 46.5 Å². The number of hydrogen-bond acceptors (Lipinski definition) is 3. The maximum atomic E-state index is 11.6. The van der Waals surface area contributed by atoms with Gasteiger partial charge in [-0.3, -0.25) is 9.59 Å². The second kappa shape index (κ2) is 9.19. The smallest absolute Gasteiger partial charge is 0.225 e. The fraction of sp³-hybridized carbons (Fsp3) is 0.857. The standard InChI is InChI=1S/C14H27N3O2.ClH/c1-14(2,3)13(19)16-9-5-7-12(18)17-10-11-6-4-8-15-11;/h11,15H,4-10H2,1-3H3,(H,16,19)(H,17,18);1H. The van der Waals surface area contributed by atoms with Crippen molar-refractivity contribution in [2.24, 2.45) is 5.41 Å². The van der Waals surface area contributed by atoms with Crippen molar-refractivity contribution in [2.75, 3.05) is 19.6 Å². The van der Waals surface area contributed by atoms with Crippen LogP contribution in [0.2, 0.25) is 0 Å². The number of hydrogen-bond donors (Lipinski definition) is 3. The summed E-state index contributed by atoms with van der Waals surface area (Å²) in [5.41, 5.74) is -0.365. The molecule has 20 heavy (non-hydrogen) atoms. The molecule has 3 N–H and O–H groups in total. The SMILES string of the molecule is CC(C)(C)C(=O)NCCCC(=O)NCC1CCCN1.Cl. The van der Waals surface area contributed by atoms with E-state index in [1.165, 1.54) is 6.42 Å². The topological polar surface area (TPSA) is 70.2 Å². The van der Waals surface area contributed by atoms with E-state index in [0.717, 1.165) is 13.0 Å². The number of nitrogens with one attached hydrogen (secondary N) is 3. The van der Waals surface area contributed by atoms with E-state index < -0.39 is 0 Å². The molecule has 0 aromatic carbocycles. The molecule has 0 spiro atoms. The number of carbonyl (C=O) groups excluding carboxylic acids is 2. The summed E-state index contributed by atoms with van der Waals surface area (Å²) in [7, 11) is 0. The van der Waals surface area contributed by atoms with Gasteiger partial charge >= 0.3 is 0 Å². The third kappa shape index (κ3) is 7.70. The molecule has 0 aliphatic carbocycles. The molecule has 1 fully saturated rings. The summed E-state index contributed by atoms with van der Waals surface area (Å²) >= 11 is 0. The molecule has 1 saturated heterocycles. The minimum Gasteiger partial charge on any atom is -0.356 e. The van der Waals surface area contributed by atoms with Gasteiger partial charge in [-0.1, -0.05) is 20.8 Å². The second-order valence-electron chi connectivity index (χ2n) is 6.21. The molecular formula is C14H28ClN3O2. The van der Waals surface area contributed by atoms with Crippen LogP contribution in [0.25, 0.3) is 0 Å². The zero-order valence-electron chi connectivity index (χ0n) is 12.8. The van der Waals surface area contributed by atoms with Gasteiger partial charge in [-0.25, -0.2) is 0 Å². The van der Waals surface area contributed by atoms with E-state index in [1.54, 1.807) is 0 Å². The van der Waals surface area contributed by atoms with Crippen LogP contribution in [0.5, 0.6) is 0 Å². The Morgan fingerprint density at radius 2 is 1.95 bits per heavy atom. The first-order valence-corrected chi connectivity index (χ1v) is 7.18. The lowest BCUT2D eigenvalue weighted by Crippen LogP contribution is -2.38. The van der Waals surface area contributed by atoms with Gasteiger partial charge in [0, 0.05) is 31.0 Å². The average molecular weight is 306 g/mol. The van der Waals surface area contributed by atoms with Crippen LogP contribution in [0.4, 0.5) is 0 Å². The molecule has 1 unspecified atom stereocenters. The molecule has 0 bridgehead atoms. The first-order chi connectivity index (χ1) is 8.89. The van der Waals surface area contributed by atoms with Crippen LogP contribution >= 0.6 is 12.4 Å². The Morgan fingerprint density at radius 1 is 1.25 bits per heavy atom. The van der Waals surface area contributed by atoms with E-state index in [0.29, 0.717) is 32.0 Å². The third-order valence-corrected chi connectivity index (χ3v) is 3.26. The molecule has 1 atom stereocenters. The van der Waals surface area contributed by atoms with E-state index in [-0.39, 0.29) is 29.6 Å². The fourth-order valence-electron chi connectivity index (χ4n) is 1.97. The van der Waals surface area contributed by atoms with Crippen molar-refractivity contribution in [1.82, 2.24) is 16.0 Å². The average Bonchev–Trinajstić information content (AvgIpc) is 2.83. The Morgan fingerprint density at radius 3 is 2.50 bits per heavy atom. The van der Waals surface area contributed by atoms with Crippen molar-refractivity contribution >= 4 is 24.2 Å². The van der Waals surface area contributed by atoms with E-state index in [2.05, 4.69) is 16.0 Å². The van der Waals surface area contributed by atoms with Crippen molar-refractivity contribution < 1.29 is 9.59 Å². The maximum Gasteiger partial charge on any atom is 0.225 e. The predicted molar refractivity (Wildman–Crippen MR) is 83.0 cm³/mol. The lowest BCUT2D eigenvalue weighted by Gasteiger charge is -2.17. The van der Waals surface area contributed by atoms with Crippen molar-refractivity contribution in [1.29, 1.82) is 0 Å². The summed E-state index contributed by atoms with van der Waals surface area (Å²) in [5, 5.41) is 9.11.